The fourth-order valence-electron chi connectivity index (χ4n) is 4.29. The molecule has 5 rings (SSSR count). The van der Waals surface area contributed by atoms with Gasteiger partial charge in [-0.1, -0.05) is 25.0 Å². The molecule has 1 aliphatic carbocycles. The lowest BCUT2D eigenvalue weighted by molar-refractivity contribution is -0.126. The lowest BCUT2D eigenvalue weighted by Gasteiger charge is -2.31. The van der Waals surface area contributed by atoms with Crippen LogP contribution in [0.3, 0.4) is 0 Å². The maximum Gasteiger partial charge on any atom is 0.248 e. The van der Waals surface area contributed by atoms with Crippen LogP contribution in [0.2, 0.25) is 0 Å². The number of carbonyl (C=O) groups is 2. The van der Waals surface area contributed by atoms with E-state index in [-0.39, 0.29) is 31.1 Å². The lowest BCUT2D eigenvalue weighted by Crippen LogP contribution is -2.46. The maximum absolute atomic E-state index is 13.7. The predicted molar refractivity (Wildman–Crippen MR) is 126 cm³/mol. The number of ether oxygens (including phenoxy) is 2. The Kier molecular flexibility index (Phi) is 6.14. The molecule has 1 atom stereocenters. The number of anilines is 1. The number of hydrogen-bond acceptors (Lipinski definition) is 6. The minimum absolute atomic E-state index is 0.133. The van der Waals surface area contributed by atoms with Gasteiger partial charge in [-0.15, -0.1) is 22.7 Å². The van der Waals surface area contributed by atoms with Gasteiger partial charge in [-0.2, -0.15) is 0 Å². The first-order valence-electron chi connectivity index (χ1n) is 10.8. The van der Waals surface area contributed by atoms with Crippen LogP contribution in [0.5, 0.6) is 11.5 Å². The fourth-order valence-corrected chi connectivity index (χ4v) is 5.80. The molecule has 8 heteroatoms. The molecule has 1 saturated carbocycles. The smallest absolute Gasteiger partial charge is 0.248 e. The Morgan fingerprint density at radius 3 is 2.56 bits per heavy atom. The van der Waals surface area contributed by atoms with Gasteiger partial charge in [0.2, 0.25) is 18.6 Å². The van der Waals surface area contributed by atoms with Crippen LogP contribution >= 0.6 is 22.7 Å². The highest BCUT2D eigenvalue weighted by atomic mass is 32.1. The van der Waals surface area contributed by atoms with Gasteiger partial charge in [-0.05, 0) is 47.9 Å². The van der Waals surface area contributed by atoms with E-state index in [0.717, 1.165) is 35.4 Å². The molecule has 0 bridgehead atoms. The highest BCUT2D eigenvalue weighted by molar-refractivity contribution is 7.10. The number of hydrogen-bond donors (Lipinski definition) is 1. The topological polar surface area (TPSA) is 67.9 Å². The van der Waals surface area contributed by atoms with Crippen molar-refractivity contribution >= 4 is 40.2 Å². The van der Waals surface area contributed by atoms with Crippen molar-refractivity contribution in [3.05, 3.63) is 63.0 Å². The molecule has 3 heterocycles. The molecule has 0 saturated heterocycles. The van der Waals surface area contributed by atoms with Crippen molar-refractivity contribution in [1.82, 2.24) is 5.32 Å². The molecule has 0 spiro atoms. The molecular weight excluding hydrogens is 444 g/mol. The molecule has 0 radical (unpaired) electrons. The van der Waals surface area contributed by atoms with Gasteiger partial charge < -0.3 is 14.8 Å². The van der Waals surface area contributed by atoms with E-state index in [4.69, 9.17) is 9.47 Å². The molecule has 32 heavy (non-hydrogen) atoms. The van der Waals surface area contributed by atoms with Crippen molar-refractivity contribution in [2.24, 2.45) is 0 Å². The molecule has 1 aliphatic heterocycles. The van der Waals surface area contributed by atoms with Crippen LogP contribution in [0.15, 0.2) is 53.2 Å². The van der Waals surface area contributed by atoms with Crippen LogP contribution in [0.1, 0.15) is 41.5 Å². The number of carbonyl (C=O) groups excluding carboxylic acids is 2. The summed E-state index contributed by atoms with van der Waals surface area (Å²) in [6.07, 6.45) is 4.44. The lowest BCUT2D eigenvalue weighted by atomic mass is 10.1. The summed E-state index contributed by atoms with van der Waals surface area (Å²) in [6.45, 7) is 0.151. The number of thiophene rings is 2. The van der Waals surface area contributed by atoms with Gasteiger partial charge in [0.25, 0.3) is 0 Å². The molecule has 2 aliphatic rings. The Balaban J connectivity index is 1.53. The van der Waals surface area contributed by atoms with Crippen molar-refractivity contribution in [1.29, 1.82) is 0 Å². The van der Waals surface area contributed by atoms with Gasteiger partial charge >= 0.3 is 0 Å². The van der Waals surface area contributed by atoms with E-state index in [2.05, 4.69) is 5.32 Å². The Morgan fingerprint density at radius 1 is 1.03 bits per heavy atom. The normalized spacial score (nSPS) is 16.1. The molecule has 6 nitrogen and oxygen atoms in total. The summed E-state index contributed by atoms with van der Waals surface area (Å²) in [7, 11) is 0. The summed E-state index contributed by atoms with van der Waals surface area (Å²) in [5.41, 5.74) is 0.621. The first-order valence-corrected chi connectivity index (χ1v) is 12.5. The number of fused-ring (bicyclic) bond motifs is 1. The highest BCUT2D eigenvalue weighted by Gasteiger charge is 2.35. The molecule has 166 valence electrons. The number of benzene rings is 1. The SMILES string of the molecule is O=C(NC1CCCC1)[C@H](c1cccs1)N(C(=O)Cc1cccs1)c1ccc2c(c1)OCO2. The Bertz CT molecular complexity index is 1080. The third kappa shape index (κ3) is 4.38. The van der Waals surface area contributed by atoms with Crippen molar-refractivity contribution < 1.29 is 19.1 Å². The van der Waals surface area contributed by atoms with Crippen LogP contribution in [0, 0.1) is 0 Å². The summed E-state index contributed by atoms with van der Waals surface area (Å²) < 4.78 is 11.0. The average molecular weight is 469 g/mol. The van der Waals surface area contributed by atoms with Crippen LogP contribution in [0.4, 0.5) is 5.69 Å². The van der Waals surface area contributed by atoms with Gasteiger partial charge in [0, 0.05) is 27.5 Å². The highest BCUT2D eigenvalue weighted by Crippen LogP contribution is 2.39. The summed E-state index contributed by atoms with van der Waals surface area (Å²) in [5, 5.41) is 7.10. The van der Waals surface area contributed by atoms with E-state index < -0.39 is 6.04 Å². The zero-order valence-electron chi connectivity index (χ0n) is 17.5. The van der Waals surface area contributed by atoms with E-state index >= 15 is 0 Å². The monoisotopic (exact) mass is 468 g/mol. The predicted octanol–water partition coefficient (Wildman–Crippen LogP) is 4.91. The third-order valence-electron chi connectivity index (χ3n) is 5.83. The van der Waals surface area contributed by atoms with Crippen LogP contribution in [-0.2, 0) is 16.0 Å². The Labute approximate surface area is 194 Å². The second-order valence-electron chi connectivity index (χ2n) is 7.97. The average Bonchev–Trinajstić information content (AvgIpc) is 3.59. The van der Waals surface area contributed by atoms with Crippen molar-refractivity contribution in [3.63, 3.8) is 0 Å². The number of nitrogens with one attached hydrogen (secondary N) is 1. The van der Waals surface area contributed by atoms with Gasteiger partial charge in [0.05, 0.1) is 6.42 Å². The Morgan fingerprint density at radius 2 is 1.81 bits per heavy atom. The zero-order valence-corrected chi connectivity index (χ0v) is 19.1. The minimum Gasteiger partial charge on any atom is -0.454 e. The van der Waals surface area contributed by atoms with Gasteiger partial charge in [0.15, 0.2) is 11.5 Å². The van der Waals surface area contributed by atoms with Gasteiger partial charge in [-0.3, -0.25) is 14.5 Å². The zero-order chi connectivity index (χ0) is 21.9. The molecule has 2 amide bonds. The van der Waals surface area contributed by atoms with Gasteiger partial charge in [0.1, 0.15) is 6.04 Å². The fraction of sp³-hybridized carbons (Fsp3) is 0.333. The number of rotatable bonds is 7. The first-order chi connectivity index (χ1) is 15.7. The molecule has 0 unspecified atom stereocenters. The van der Waals surface area contributed by atoms with E-state index in [1.807, 2.05) is 41.1 Å². The summed E-state index contributed by atoms with van der Waals surface area (Å²) in [6, 6.07) is 12.5. The van der Waals surface area contributed by atoms with E-state index in [1.54, 1.807) is 17.0 Å². The Hall–Kier alpha value is -2.84. The van der Waals surface area contributed by atoms with Crippen LogP contribution in [-0.4, -0.2) is 24.6 Å². The largest absolute Gasteiger partial charge is 0.454 e. The molecule has 1 fully saturated rings. The summed E-state index contributed by atoms with van der Waals surface area (Å²) >= 11 is 3.02. The van der Waals surface area contributed by atoms with E-state index in [9.17, 15) is 9.59 Å². The molecule has 1 N–H and O–H groups in total. The van der Waals surface area contributed by atoms with Crippen LogP contribution in [0.25, 0.3) is 0 Å². The quantitative estimate of drug-likeness (QED) is 0.535. The molecular formula is C24H24N2O4S2. The molecule has 3 aromatic rings. The second kappa shape index (κ2) is 9.34. The van der Waals surface area contributed by atoms with Crippen molar-refractivity contribution in [3.8, 4) is 11.5 Å². The van der Waals surface area contributed by atoms with Gasteiger partial charge in [-0.25, -0.2) is 0 Å². The minimum atomic E-state index is -0.747. The van der Waals surface area contributed by atoms with Crippen molar-refractivity contribution in [2.45, 2.75) is 44.2 Å². The summed E-state index contributed by atoms with van der Waals surface area (Å²) in [5.74, 6) is 0.947. The van der Waals surface area contributed by atoms with Crippen LogP contribution < -0.4 is 19.7 Å². The number of amides is 2. The molecule has 2 aromatic heterocycles. The van der Waals surface area contributed by atoms with E-state index in [0.29, 0.717) is 17.2 Å². The second-order valence-corrected chi connectivity index (χ2v) is 9.98. The number of nitrogens with zero attached hydrogens (tertiary/aromatic N) is 1. The molecule has 1 aromatic carbocycles. The van der Waals surface area contributed by atoms with Crippen molar-refractivity contribution in [2.75, 3.05) is 11.7 Å². The maximum atomic E-state index is 13.7. The van der Waals surface area contributed by atoms with E-state index in [1.165, 1.54) is 22.7 Å². The standard InChI is InChI=1S/C24H24N2O4S2/c27-22(14-18-7-3-11-31-18)26(17-9-10-19-20(13-17)30-15-29-19)23(21-8-4-12-32-21)24(28)25-16-5-1-2-6-16/h3-4,7-13,16,23H,1-2,5-6,14-15H2,(H,25,28)/t23-/m0/s1. The summed E-state index contributed by atoms with van der Waals surface area (Å²) in [4.78, 5) is 30.7. The first kappa shape index (κ1) is 21.0. The third-order valence-corrected chi connectivity index (χ3v) is 7.63.